The smallest absolute Gasteiger partial charge is 0.354 e. The first kappa shape index (κ1) is 13.9. The van der Waals surface area contributed by atoms with E-state index < -0.39 is 12.0 Å². The number of hydrogen-bond donors (Lipinski definition) is 1. The summed E-state index contributed by atoms with van der Waals surface area (Å²) in [5.41, 5.74) is 2.64. The van der Waals surface area contributed by atoms with Crippen LogP contribution in [0.4, 0.5) is 19.1 Å². The molecule has 1 N–H and O–H groups in total. The van der Waals surface area contributed by atoms with Crippen LogP contribution < -0.4 is 5.32 Å². The van der Waals surface area contributed by atoms with Crippen LogP contribution in [0, 0.1) is 13.8 Å². The molecule has 0 spiro atoms. The van der Waals surface area contributed by atoms with Crippen molar-refractivity contribution in [3.8, 4) is 0 Å². The van der Waals surface area contributed by atoms with Gasteiger partial charge in [0.2, 0.25) is 5.95 Å². The highest BCUT2D eigenvalue weighted by molar-refractivity contribution is 5.36. The van der Waals surface area contributed by atoms with E-state index in [2.05, 4.69) is 20.5 Å². The maximum absolute atomic E-state index is 12.8. The Morgan fingerprint density at radius 1 is 1.24 bits per heavy atom. The number of nitrogens with zero attached hydrogens (tertiary/aromatic N) is 5. The highest BCUT2D eigenvalue weighted by Crippen LogP contribution is 2.35. The zero-order valence-corrected chi connectivity index (χ0v) is 11.9. The number of hydrogen-bond acceptors (Lipinski definition) is 4. The SMILES string of the molecule is Cc1nn(C)c(C)c1C1CCNc2nc(C(F)(F)F)nn21. The molecule has 0 aromatic carbocycles. The van der Waals surface area contributed by atoms with Crippen LogP contribution in [0.3, 0.4) is 0 Å². The van der Waals surface area contributed by atoms with E-state index in [0.717, 1.165) is 17.0 Å². The average molecular weight is 300 g/mol. The van der Waals surface area contributed by atoms with Crippen LogP contribution in [0.5, 0.6) is 0 Å². The molecule has 3 heterocycles. The fourth-order valence-electron chi connectivity index (χ4n) is 2.76. The van der Waals surface area contributed by atoms with Crippen molar-refractivity contribution >= 4 is 5.95 Å². The molecule has 1 unspecified atom stereocenters. The predicted octanol–water partition coefficient (Wildman–Crippen LogP) is 2.05. The minimum absolute atomic E-state index is 0.154. The number of aromatic nitrogens is 5. The van der Waals surface area contributed by atoms with Crippen LogP contribution in [-0.2, 0) is 13.2 Å². The molecule has 1 atom stereocenters. The highest BCUT2D eigenvalue weighted by atomic mass is 19.4. The van der Waals surface area contributed by atoms with Gasteiger partial charge in [0, 0.05) is 24.8 Å². The molecule has 6 nitrogen and oxygen atoms in total. The third-order valence-electron chi connectivity index (χ3n) is 3.78. The fourth-order valence-corrected chi connectivity index (χ4v) is 2.76. The van der Waals surface area contributed by atoms with Gasteiger partial charge in [-0.05, 0) is 20.3 Å². The first-order valence-electron chi connectivity index (χ1n) is 6.56. The first-order valence-corrected chi connectivity index (χ1v) is 6.56. The number of aryl methyl sites for hydroxylation is 2. The van der Waals surface area contributed by atoms with Gasteiger partial charge >= 0.3 is 6.18 Å². The maximum Gasteiger partial charge on any atom is 0.453 e. The van der Waals surface area contributed by atoms with Gasteiger partial charge in [-0.15, -0.1) is 5.10 Å². The lowest BCUT2D eigenvalue weighted by molar-refractivity contribution is -0.145. The van der Waals surface area contributed by atoms with E-state index in [-0.39, 0.29) is 12.0 Å². The standard InChI is InChI=1S/C12H15F3N6/c1-6-9(7(2)20(3)18-6)8-4-5-16-11-17-10(12(13,14)15)19-21(8)11/h8H,4-5H2,1-3H3,(H,16,17,19). The summed E-state index contributed by atoms with van der Waals surface area (Å²) in [4.78, 5) is 3.55. The monoisotopic (exact) mass is 300 g/mol. The van der Waals surface area contributed by atoms with Crippen LogP contribution in [-0.4, -0.2) is 31.1 Å². The summed E-state index contributed by atoms with van der Waals surface area (Å²) < 4.78 is 41.4. The lowest BCUT2D eigenvalue weighted by Crippen LogP contribution is -2.25. The Morgan fingerprint density at radius 3 is 2.52 bits per heavy atom. The number of rotatable bonds is 1. The van der Waals surface area contributed by atoms with E-state index in [1.807, 2.05) is 20.9 Å². The van der Waals surface area contributed by atoms with E-state index in [4.69, 9.17) is 0 Å². The van der Waals surface area contributed by atoms with Gasteiger partial charge in [0.15, 0.2) is 0 Å². The minimum Gasteiger partial charge on any atom is -0.354 e. The van der Waals surface area contributed by atoms with Crippen LogP contribution in [0.1, 0.15) is 35.2 Å². The zero-order valence-electron chi connectivity index (χ0n) is 11.9. The third kappa shape index (κ3) is 2.16. The number of halogens is 3. The van der Waals surface area contributed by atoms with Gasteiger partial charge < -0.3 is 5.32 Å². The molecule has 9 heteroatoms. The van der Waals surface area contributed by atoms with Crippen LogP contribution in [0.2, 0.25) is 0 Å². The molecule has 1 aliphatic rings. The Morgan fingerprint density at radius 2 is 1.95 bits per heavy atom. The molecule has 0 saturated heterocycles. The zero-order chi connectivity index (χ0) is 15.4. The summed E-state index contributed by atoms with van der Waals surface area (Å²) in [7, 11) is 1.82. The summed E-state index contributed by atoms with van der Waals surface area (Å²) in [5.74, 6) is -0.961. The maximum atomic E-state index is 12.8. The molecule has 0 amide bonds. The van der Waals surface area contributed by atoms with Gasteiger partial charge in [-0.2, -0.15) is 23.3 Å². The lowest BCUT2D eigenvalue weighted by Gasteiger charge is -2.24. The molecule has 2 aromatic rings. The quantitative estimate of drug-likeness (QED) is 0.875. The van der Waals surface area contributed by atoms with Crippen molar-refractivity contribution in [2.45, 2.75) is 32.5 Å². The largest absolute Gasteiger partial charge is 0.453 e. The molecule has 0 fully saturated rings. The van der Waals surface area contributed by atoms with Crippen molar-refractivity contribution in [2.24, 2.45) is 7.05 Å². The van der Waals surface area contributed by atoms with E-state index in [9.17, 15) is 13.2 Å². The molecule has 0 saturated carbocycles. The Bertz CT molecular complexity index is 684. The van der Waals surface area contributed by atoms with Crippen molar-refractivity contribution < 1.29 is 13.2 Å². The normalized spacial score (nSPS) is 18.5. The van der Waals surface area contributed by atoms with Gasteiger partial charge in [0.05, 0.1) is 11.7 Å². The van der Waals surface area contributed by atoms with Crippen LogP contribution in [0.15, 0.2) is 0 Å². The minimum atomic E-state index is -4.55. The number of anilines is 1. The molecule has 0 bridgehead atoms. The van der Waals surface area contributed by atoms with E-state index in [1.54, 1.807) is 4.68 Å². The number of nitrogens with one attached hydrogen (secondary N) is 1. The molecule has 0 aliphatic carbocycles. The van der Waals surface area contributed by atoms with Crippen molar-refractivity contribution in [3.63, 3.8) is 0 Å². The Balaban J connectivity index is 2.10. The summed E-state index contributed by atoms with van der Waals surface area (Å²) in [6.45, 7) is 4.30. The molecule has 2 aromatic heterocycles. The molecule has 0 radical (unpaired) electrons. The molecule has 21 heavy (non-hydrogen) atoms. The van der Waals surface area contributed by atoms with Gasteiger partial charge in [0.1, 0.15) is 0 Å². The number of fused-ring (bicyclic) bond motifs is 1. The van der Waals surface area contributed by atoms with Crippen molar-refractivity contribution in [3.05, 3.63) is 22.8 Å². The molecular weight excluding hydrogens is 285 g/mol. The molecule has 1 aliphatic heterocycles. The summed E-state index contributed by atoms with van der Waals surface area (Å²) in [6, 6.07) is -0.279. The first-order chi connectivity index (χ1) is 9.79. The highest BCUT2D eigenvalue weighted by Gasteiger charge is 2.39. The van der Waals surface area contributed by atoms with Crippen molar-refractivity contribution in [1.29, 1.82) is 0 Å². The Hall–Kier alpha value is -2.06. The van der Waals surface area contributed by atoms with Gasteiger partial charge in [-0.25, -0.2) is 4.68 Å². The molecule has 3 rings (SSSR count). The molecule has 114 valence electrons. The van der Waals surface area contributed by atoms with Gasteiger partial charge in [0.25, 0.3) is 5.82 Å². The van der Waals surface area contributed by atoms with Crippen LogP contribution >= 0.6 is 0 Å². The third-order valence-corrected chi connectivity index (χ3v) is 3.78. The average Bonchev–Trinajstić information content (AvgIpc) is 2.92. The summed E-state index contributed by atoms with van der Waals surface area (Å²) >= 11 is 0. The second kappa shape index (κ2) is 4.47. The van der Waals surface area contributed by atoms with Gasteiger partial charge in [-0.1, -0.05) is 0 Å². The summed E-state index contributed by atoms with van der Waals surface area (Å²) in [5, 5.41) is 10.8. The Labute approximate surface area is 119 Å². The second-order valence-electron chi connectivity index (χ2n) is 5.14. The van der Waals surface area contributed by atoms with Gasteiger partial charge in [-0.3, -0.25) is 4.68 Å². The topological polar surface area (TPSA) is 60.6 Å². The van der Waals surface area contributed by atoms with Crippen molar-refractivity contribution in [1.82, 2.24) is 24.5 Å². The summed E-state index contributed by atoms with van der Waals surface area (Å²) in [6.07, 6.45) is -3.91. The Kier molecular flexibility index (Phi) is 2.96. The molecular formula is C12H15F3N6. The second-order valence-corrected chi connectivity index (χ2v) is 5.14. The predicted molar refractivity (Wildman–Crippen MR) is 69.0 cm³/mol. The van der Waals surface area contributed by atoms with Crippen LogP contribution in [0.25, 0.3) is 0 Å². The lowest BCUT2D eigenvalue weighted by atomic mass is 10.0. The fraction of sp³-hybridized carbons (Fsp3) is 0.583. The van der Waals surface area contributed by atoms with E-state index in [0.29, 0.717) is 13.0 Å². The van der Waals surface area contributed by atoms with Crippen molar-refractivity contribution in [2.75, 3.05) is 11.9 Å². The van der Waals surface area contributed by atoms with E-state index >= 15 is 0 Å². The number of alkyl halides is 3. The van der Waals surface area contributed by atoms with E-state index in [1.165, 1.54) is 4.68 Å².